The second-order valence-electron chi connectivity index (χ2n) is 5.74. The van der Waals surface area contributed by atoms with Crippen LogP contribution in [0.15, 0.2) is 34.3 Å². The summed E-state index contributed by atoms with van der Waals surface area (Å²) in [6, 6.07) is 6.46. The minimum absolute atomic E-state index is 0.116. The normalized spacial score (nSPS) is 12.9. The number of aryl methyl sites for hydroxylation is 1. The molecule has 6 nitrogen and oxygen atoms in total. The number of hydrogen-bond donors (Lipinski definition) is 1. The minimum Gasteiger partial charge on any atom is -0.469 e. The number of methoxy groups -OCH3 is 1. The quantitative estimate of drug-likeness (QED) is 0.493. The number of nitrogens with zero attached hydrogens (tertiary/aromatic N) is 1. The Morgan fingerprint density at radius 2 is 1.82 bits per heavy atom. The number of benzene rings is 1. The Morgan fingerprint density at radius 1 is 1.27 bits per heavy atom. The molecule has 0 aliphatic heterocycles. The molecule has 0 atom stereocenters. The van der Waals surface area contributed by atoms with Gasteiger partial charge in [0.25, 0.3) is 10.0 Å². The molecule has 0 amide bonds. The molecule has 7 heteroatoms. The van der Waals surface area contributed by atoms with Crippen molar-refractivity contribution in [3.05, 3.63) is 29.8 Å². The van der Waals surface area contributed by atoms with Crippen LogP contribution in [-0.4, -0.2) is 27.2 Å². The molecule has 1 aromatic carbocycles. The second-order valence-corrected chi connectivity index (χ2v) is 7.40. The van der Waals surface area contributed by atoms with Crippen LogP contribution in [0.3, 0.4) is 0 Å². The van der Waals surface area contributed by atoms with E-state index in [-0.39, 0.29) is 17.3 Å². The van der Waals surface area contributed by atoms with Crippen LogP contribution >= 0.6 is 0 Å². The Bertz CT molecular complexity index is 661. The molecule has 0 spiro atoms. The fourth-order valence-corrected chi connectivity index (χ4v) is 2.47. The Labute approximate surface area is 131 Å². The van der Waals surface area contributed by atoms with E-state index in [0.717, 1.165) is 5.56 Å². The lowest BCUT2D eigenvalue weighted by atomic mass is 9.85. The van der Waals surface area contributed by atoms with Crippen molar-refractivity contribution >= 4 is 21.7 Å². The average Bonchev–Trinajstić information content (AvgIpc) is 2.44. The fourth-order valence-electron chi connectivity index (χ4n) is 1.61. The first-order valence-corrected chi connectivity index (χ1v) is 8.27. The van der Waals surface area contributed by atoms with Gasteiger partial charge in [0.05, 0.1) is 18.4 Å². The summed E-state index contributed by atoms with van der Waals surface area (Å²) in [5.41, 5.74) is 0.856. The van der Waals surface area contributed by atoms with Crippen molar-refractivity contribution in [2.45, 2.75) is 39.0 Å². The number of carbonyl (C=O) groups excluding carboxylic acids is 1. The smallest absolute Gasteiger partial charge is 0.306 e. The van der Waals surface area contributed by atoms with Gasteiger partial charge in [0.15, 0.2) is 0 Å². The molecule has 1 N–H and O–H groups in total. The zero-order valence-electron chi connectivity index (χ0n) is 13.5. The number of nitrogens with one attached hydrogen (secondary N) is 1. The van der Waals surface area contributed by atoms with Gasteiger partial charge in [0.2, 0.25) is 0 Å². The molecule has 0 fully saturated rings. The van der Waals surface area contributed by atoms with E-state index in [0.29, 0.717) is 5.71 Å². The van der Waals surface area contributed by atoms with E-state index < -0.39 is 15.4 Å². The number of hydrogen-bond acceptors (Lipinski definition) is 5. The van der Waals surface area contributed by atoms with Crippen molar-refractivity contribution in [1.82, 2.24) is 4.83 Å². The van der Waals surface area contributed by atoms with Crippen LogP contribution in [0, 0.1) is 12.3 Å². The molecule has 122 valence electrons. The molecule has 0 heterocycles. The topological polar surface area (TPSA) is 84.8 Å². The molecule has 0 aliphatic carbocycles. The van der Waals surface area contributed by atoms with Crippen LogP contribution in [0.1, 0.15) is 32.8 Å². The van der Waals surface area contributed by atoms with Crippen molar-refractivity contribution in [1.29, 1.82) is 0 Å². The Balaban J connectivity index is 2.89. The third kappa shape index (κ3) is 4.84. The number of esters is 1. The molecule has 0 unspecified atom stereocenters. The summed E-state index contributed by atoms with van der Waals surface area (Å²) in [6.07, 6.45) is 0.116. The lowest BCUT2D eigenvalue weighted by Gasteiger charge is -2.22. The second kappa shape index (κ2) is 6.91. The molecule has 0 radical (unpaired) electrons. The maximum absolute atomic E-state index is 12.1. The minimum atomic E-state index is -3.72. The fraction of sp³-hybridized carbons (Fsp3) is 0.467. The zero-order valence-corrected chi connectivity index (χ0v) is 14.3. The number of sulfonamides is 1. The summed E-state index contributed by atoms with van der Waals surface area (Å²) >= 11 is 0. The monoisotopic (exact) mass is 326 g/mol. The number of carbonyl (C=O) groups is 1. The van der Waals surface area contributed by atoms with Crippen LogP contribution in [-0.2, 0) is 19.6 Å². The first-order chi connectivity index (χ1) is 10.1. The van der Waals surface area contributed by atoms with Gasteiger partial charge in [0.1, 0.15) is 0 Å². The van der Waals surface area contributed by atoms with Crippen LogP contribution in [0.4, 0.5) is 0 Å². The molecule has 1 rings (SSSR count). The van der Waals surface area contributed by atoms with E-state index in [2.05, 4.69) is 14.7 Å². The zero-order chi connectivity index (χ0) is 17.0. The van der Waals surface area contributed by atoms with Gasteiger partial charge >= 0.3 is 5.97 Å². The van der Waals surface area contributed by atoms with Gasteiger partial charge in [-0.25, -0.2) is 4.83 Å². The summed E-state index contributed by atoms with van der Waals surface area (Å²) in [6.45, 7) is 7.13. The Kier molecular flexibility index (Phi) is 5.71. The Hall–Kier alpha value is -1.89. The van der Waals surface area contributed by atoms with Gasteiger partial charge in [-0.05, 0) is 26.0 Å². The molecule has 0 saturated carbocycles. The first-order valence-electron chi connectivity index (χ1n) is 6.78. The molecule has 0 aliphatic rings. The highest BCUT2D eigenvalue weighted by molar-refractivity contribution is 7.89. The van der Waals surface area contributed by atoms with Crippen LogP contribution in [0.25, 0.3) is 0 Å². The average molecular weight is 326 g/mol. The number of ether oxygens (including phenoxy) is 1. The van der Waals surface area contributed by atoms with Crippen molar-refractivity contribution in [3.8, 4) is 0 Å². The summed E-state index contributed by atoms with van der Waals surface area (Å²) in [4.78, 5) is 13.7. The van der Waals surface area contributed by atoms with Crippen molar-refractivity contribution in [2.24, 2.45) is 10.5 Å². The highest BCUT2D eigenvalue weighted by atomic mass is 32.2. The van der Waals surface area contributed by atoms with E-state index >= 15 is 0 Å². The molecule has 0 saturated heterocycles. The third-order valence-electron chi connectivity index (χ3n) is 3.46. The van der Waals surface area contributed by atoms with Gasteiger partial charge in [0, 0.05) is 11.1 Å². The van der Waals surface area contributed by atoms with E-state index in [1.807, 2.05) is 6.92 Å². The SMILES string of the molecule is COC(=O)CC(C)(C)/C(C)=N\NS(=O)(=O)c1ccc(C)cc1. The molecular weight excluding hydrogens is 304 g/mol. The van der Waals surface area contributed by atoms with E-state index in [1.54, 1.807) is 32.9 Å². The van der Waals surface area contributed by atoms with Crippen molar-refractivity contribution in [2.75, 3.05) is 7.11 Å². The van der Waals surface area contributed by atoms with E-state index in [1.165, 1.54) is 19.2 Å². The summed E-state index contributed by atoms with van der Waals surface area (Å²) in [5.74, 6) is -0.374. The molecule has 22 heavy (non-hydrogen) atoms. The lowest BCUT2D eigenvalue weighted by Crippen LogP contribution is -2.29. The summed E-state index contributed by atoms with van der Waals surface area (Å²) < 4.78 is 28.9. The largest absolute Gasteiger partial charge is 0.469 e. The van der Waals surface area contributed by atoms with Crippen molar-refractivity contribution < 1.29 is 17.9 Å². The first kappa shape index (κ1) is 18.2. The van der Waals surface area contributed by atoms with Crippen molar-refractivity contribution in [3.63, 3.8) is 0 Å². The van der Waals surface area contributed by atoms with Gasteiger partial charge in [-0.15, -0.1) is 0 Å². The van der Waals surface area contributed by atoms with Gasteiger partial charge in [-0.1, -0.05) is 31.5 Å². The molecule has 0 bridgehead atoms. The van der Waals surface area contributed by atoms with Gasteiger partial charge in [-0.2, -0.15) is 13.5 Å². The molecule has 0 aromatic heterocycles. The standard InChI is InChI=1S/C15H22N2O4S/c1-11-6-8-13(9-7-11)22(19,20)17-16-12(2)15(3,4)10-14(18)21-5/h6-9,17H,10H2,1-5H3/b16-12-. The van der Waals surface area contributed by atoms with Gasteiger partial charge in [-0.3, -0.25) is 4.79 Å². The number of hydrazone groups is 1. The van der Waals surface area contributed by atoms with Gasteiger partial charge < -0.3 is 4.74 Å². The Morgan fingerprint density at radius 3 is 2.32 bits per heavy atom. The summed E-state index contributed by atoms with van der Waals surface area (Å²) in [5, 5.41) is 3.92. The van der Waals surface area contributed by atoms with Crippen LogP contribution in [0.2, 0.25) is 0 Å². The highest BCUT2D eigenvalue weighted by Crippen LogP contribution is 2.23. The summed E-state index contributed by atoms with van der Waals surface area (Å²) in [7, 11) is -2.41. The van der Waals surface area contributed by atoms with E-state index in [9.17, 15) is 13.2 Å². The predicted octanol–water partition coefficient (Wildman–Crippen LogP) is 2.24. The highest BCUT2D eigenvalue weighted by Gasteiger charge is 2.26. The third-order valence-corrected chi connectivity index (χ3v) is 4.68. The molecular formula is C15H22N2O4S. The maximum Gasteiger partial charge on any atom is 0.306 e. The number of rotatable bonds is 6. The van der Waals surface area contributed by atoms with Crippen LogP contribution in [0.5, 0.6) is 0 Å². The van der Waals surface area contributed by atoms with E-state index in [4.69, 9.17) is 0 Å². The molecule has 1 aromatic rings. The van der Waals surface area contributed by atoms with Crippen LogP contribution < -0.4 is 4.83 Å². The predicted molar refractivity (Wildman–Crippen MR) is 85.0 cm³/mol. The lowest BCUT2D eigenvalue weighted by molar-refractivity contribution is -0.142. The maximum atomic E-state index is 12.1.